The van der Waals surface area contributed by atoms with Gasteiger partial charge in [-0.2, -0.15) is 13.5 Å². The third-order valence-electron chi connectivity index (χ3n) is 2.36. The number of hydrogen-bond acceptors (Lipinski definition) is 7. The summed E-state index contributed by atoms with van der Waals surface area (Å²) >= 11 is 0. The molecule has 0 saturated carbocycles. The number of hydroxylamine groups is 2. The molecule has 0 radical (unpaired) electrons. The Morgan fingerprint density at radius 3 is 3.00 bits per heavy atom. The van der Waals surface area contributed by atoms with E-state index in [0.29, 0.717) is 17.8 Å². The van der Waals surface area contributed by atoms with Crippen LogP contribution in [0.2, 0.25) is 0 Å². The first-order chi connectivity index (χ1) is 7.54. The molecule has 1 aliphatic carbocycles. The van der Waals surface area contributed by atoms with Gasteiger partial charge < -0.3 is 0 Å². The molecule has 3 aliphatic rings. The van der Waals surface area contributed by atoms with E-state index < -0.39 is 10.4 Å². The van der Waals surface area contributed by atoms with Crippen molar-refractivity contribution in [3.63, 3.8) is 0 Å². The molecule has 2 aliphatic heterocycles. The van der Waals surface area contributed by atoms with Crippen molar-refractivity contribution in [2.45, 2.75) is 6.42 Å². The zero-order valence-electron chi connectivity index (χ0n) is 7.86. The van der Waals surface area contributed by atoms with Crippen LogP contribution in [0.1, 0.15) is 6.42 Å². The van der Waals surface area contributed by atoms with Crippen LogP contribution in [0.4, 0.5) is 0 Å². The van der Waals surface area contributed by atoms with Crippen molar-refractivity contribution in [1.82, 2.24) is 5.06 Å². The monoisotopic (exact) mass is 242 g/mol. The van der Waals surface area contributed by atoms with E-state index in [-0.39, 0.29) is 6.67 Å². The minimum absolute atomic E-state index is 0.00900. The molecule has 84 valence electrons. The highest BCUT2D eigenvalue weighted by molar-refractivity contribution is 7.80. The minimum atomic E-state index is -4.54. The lowest BCUT2D eigenvalue weighted by molar-refractivity contribution is -0.0258. The van der Waals surface area contributed by atoms with Gasteiger partial charge in [0.1, 0.15) is 12.4 Å². The summed E-state index contributed by atoms with van der Waals surface area (Å²) in [4.78, 5) is 3.91. The van der Waals surface area contributed by atoms with Gasteiger partial charge in [0.05, 0.1) is 17.6 Å². The van der Waals surface area contributed by atoms with Gasteiger partial charge in [0.15, 0.2) is 0 Å². The Morgan fingerprint density at radius 2 is 2.25 bits per heavy atom. The van der Waals surface area contributed by atoms with Crippen molar-refractivity contribution >= 4 is 28.0 Å². The SMILES string of the molecule is O=S(=O)(O)ON1CN=CC2=NN=C3CC1=C23. The predicted octanol–water partition coefficient (Wildman–Crippen LogP) is -0.467. The second kappa shape index (κ2) is 2.97. The van der Waals surface area contributed by atoms with E-state index >= 15 is 0 Å². The molecule has 0 fully saturated rings. The lowest BCUT2D eigenvalue weighted by atomic mass is 9.89. The summed E-state index contributed by atoms with van der Waals surface area (Å²) in [5.41, 5.74) is 2.73. The second-order valence-electron chi connectivity index (χ2n) is 3.36. The van der Waals surface area contributed by atoms with Gasteiger partial charge in [0, 0.05) is 12.0 Å². The van der Waals surface area contributed by atoms with Crippen molar-refractivity contribution in [3.8, 4) is 0 Å². The van der Waals surface area contributed by atoms with Crippen LogP contribution in [0.5, 0.6) is 0 Å². The van der Waals surface area contributed by atoms with Gasteiger partial charge in [-0.05, 0) is 0 Å². The van der Waals surface area contributed by atoms with Crippen molar-refractivity contribution in [2.24, 2.45) is 15.2 Å². The standard InChI is InChI=1S/C7H6N4O4S/c12-16(13,14)15-11-3-8-2-5-7-4(9-10-5)1-6(7)11/h2H,1,3H2,(H,12,13,14). The summed E-state index contributed by atoms with van der Waals surface area (Å²) in [6, 6.07) is 0. The number of rotatable bonds is 2. The number of hydrogen-bond donors (Lipinski definition) is 1. The van der Waals surface area contributed by atoms with Crippen LogP contribution in [0.15, 0.2) is 26.5 Å². The third-order valence-corrected chi connectivity index (χ3v) is 2.72. The Morgan fingerprint density at radius 1 is 1.44 bits per heavy atom. The van der Waals surface area contributed by atoms with Crippen molar-refractivity contribution < 1.29 is 17.3 Å². The van der Waals surface area contributed by atoms with Gasteiger partial charge in [-0.25, -0.2) is 5.06 Å². The molecular weight excluding hydrogens is 236 g/mol. The number of allylic oxidation sites excluding steroid dienone is 2. The average molecular weight is 242 g/mol. The highest BCUT2D eigenvalue weighted by Crippen LogP contribution is 2.34. The quantitative estimate of drug-likeness (QED) is 0.659. The normalized spacial score (nSPS) is 22.4. The lowest BCUT2D eigenvalue weighted by Crippen LogP contribution is -2.34. The van der Waals surface area contributed by atoms with Crippen LogP contribution >= 0.6 is 0 Å². The largest absolute Gasteiger partial charge is 0.418 e. The zero-order valence-corrected chi connectivity index (χ0v) is 8.68. The fraction of sp³-hybridized carbons (Fsp3) is 0.286. The first-order valence-electron chi connectivity index (χ1n) is 4.37. The molecule has 0 aromatic carbocycles. The molecule has 3 rings (SSSR count). The van der Waals surface area contributed by atoms with E-state index in [1.807, 2.05) is 0 Å². The Bertz CT molecular complexity index is 586. The zero-order chi connectivity index (χ0) is 11.3. The van der Waals surface area contributed by atoms with Crippen molar-refractivity contribution in [1.29, 1.82) is 0 Å². The van der Waals surface area contributed by atoms with Crippen LogP contribution in [-0.4, -0.2) is 42.3 Å². The maximum Gasteiger partial charge on any atom is 0.418 e. The third kappa shape index (κ3) is 1.37. The van der Waals surface area contributed by atoms with Crippen LogP contribution in [0, 0.1) is 0 Å². The van der Waals surface area contributed by atoms with Gasteiger partial charge >= 0.3 is 10.4 Å². The topological polar surface area (TPSA) is 104 Å². The van der Waals surface area contributed by atoms with Gasteiger partial charge in [-0.15, -0.1) is 9.39 Å². The highest BCUT2D eigenvalue weighted by atomic mass is 32.3. The molecular formula is C7H6N4O4S. The summed E-state index contributed by atoms with van der Waals surface area (Å²) in [7, 11) is -4.54. The summed E-state index contributed by atoms with van der Waals surface area (Å²) in [6.07, 6.45) is 1.96. The molecule has 0 aromatic heterocycles. The number of aliphatic imine (C=N–C) groups is 1. The Balaban J connectivity index is 1.99. The predicted molar refractivity (Wildman–Crippen MR) is 54.3 cm³/mol. The average Bonchev–Trinajstić information content (AvgIpc) is 2.34. The molecule has 16 heavy (non-hydrogen) atoms. The molecule has 0 amide bonds. The maximum absolute atomic E-state index is 10.6. The summed E-state index contributed by atoms with van der Waals surface area (Å²) < 4.78 is 34.3. The van der Waals surface area contributed by atoms with Crippen LogP contribution in [0.25, 0.3) is 0 Å². The van der Waals surface area contributed by atoms with Crippen LogP contribution < -0.4 is 0 Å². The lowest BCUT2D eigenvalue weighted by Gasteiger charge is -2.28. The number of nitrogens with zero attached hydrogens (tertiary/aromatic N) is 4. The van der Waals surface area contributed by atoms with E-state index in [0.717, 1.165) is 16.3 Å². The molecule has 0 aromatic rings. The molecule has 0 bridgehead atoms. The second-order valence-corrected chi connectivity index (χ2v) is 4.37. The Kier molecular flexibility index (Phi) is 1.79. The summed E-state index contributed by atoms with van der Waals surface area (Å²) in [5, 5.41) is 8.78. The highest BCUT2D eigenvalue weighted by Gasteiger charge is 2.38. The van der Waals surface area contributed by atoms with E-state index in [4.69, 9.17) is 4.55 Å². The maximum atomic E-state index is 10.6. The summed E-state index contributed by atoms with van der Waals surface area (Å²) in [6.45, 7) is -0.00900. The van der Waals surface area contributed by atoms with E-state index in [1.165, 1.54) is 6.21 Å². The Hall–Kier alpha value is -1.58. The molecule has 1 N–H and O–H groups in total. The first kappa shape index (κ1) is 9.63. The van der Waals surface area contributed by atoms with Crippen LogP contribution in [0.3, 0.4) is 0 Å². The molecule has 0 saturated heterocycles. The summed E-state index contributed by atoms with van der Waals surface area (Å²) in [5.74, 6) is 0. The molecule has 0 unspecified atom stereocenters. The molecule has 9 heteroatoms. The van der Waals surface area contributed by atoms with E-state index in [1.54, 1.807) is 0 Å². The van der Waals surface area contributed by atoms with Gasteiger partial charge in [0.2, 0.25) is 0 Å². The Labute approximate surface area is 90.5 Å². The molecule has 0 atom stereocenters. The van der Waals surface area contributed by atoms with Crippen LogP contribution in [-0.2, 0) is 14.7 Å². The fourth-order valence-corrected chi connectivity index (χ4v) is 2.08. The van der Waals surface area contributed by atoms with Crippen molar-refractivity contribution in [3.05, 3.63) is 11.3 Å². The fourth-order valence-electron chi connectivity index (χ4n) is 1.71. The van der Waals surface area contributed by atoms with Crippen molar-refractivity contribution in [2.75, 3.05) is 6.67 Å². The minimum Gasteiger partial charge on any atom is -0.267 e. The first-order valence-corrected chi connectivity index (χ1v) is 5.74. The smallest absolute Gasteiger partial charge is 0.267 e. The van der Waals surface area contributed by atoms with Gasteiger partial charge in [-0.3, -0.25) is 9.55 Å². The van der Waals surface area contributed by atoms with E-state index in [9.17, 15) is 8.42 Å². The van der Waals surface area contributed by atoms with Gasteiger partial charge in [-0.1, -0.05) is 0 Å². The molecule has 8 nitrogen and oxygen atoms in total. The van der Waals surface area contributed by atoms with E-state index in [2.05, 4.69) is 19.5 Å². The molecule has 2 heterocycles. The van der Waals surface area contributed by atoms with Gasteiger partial charge in [0.25, 0.3) is 0 Å². The molecule has 0 spiro atoms.